The van der Waals surface area contributed by atoms with Crippen LogP contribution in [-0.4, -0.2) is 37.2 Å². The van der Waals surface area contributed by atoms with Gasteiger partial charge in [-0.3, -0.25) is 14.4 Å². The summed E-state index contributed by atoms with van der Waals surface area (Å²) in [5.74, 6) is -1.01. The summed E-state index contributed by atoms with van der Waals surface area (Å²) in [6.45, 7) is 6.38. The fourth-order valence-corrected chi connectivity index (χ4v) is 6.56. The molecule has 0 bridgehead atoms. The van der Waals surface area contributed by atoms with Gasteiger partial charge in [-0.1, -0.05) is 208 Å². The summed E-state index contributed by atoms with van der Waals surface area (Å²) in [5.41, 5.74) is 0. The second-order valence-electron chi connectivity index (χ2n) is 16.3. The topological polar surface area (TPSA) is 78.9 Å². The first-order valence-electron chi connectivity index (χ1n) is 25.2. The predicted octanol–water partition coefficient (Wildman–Crippen LogP) is 16.6. The summed E-state index contributed by atoms with van der Waals surface area (Å²) in [7, 11) is 0. The van der Waals surface area contributed by atoms with Crippen molar-refractivity contribution >= 4 is 17.9 Å². The highest BCUT2D eigenvalue weighted by Gasteiger charge is 2.19. The Kier molecular flexibility index (Phi) is 47.0. The van der Waals surface area contributed by atoms with Crippen LogP contribution < -0.4 is 0 Å². The van der Waals surface area contributed by atoms with Crippen LogP contribution in [0.25, 0.3) is 0 Å². The molecule has 1 atom stereocenters. The Morgan fingerprint density at radius 3 is 1.11 bits per heavy atom. The van der Waals surface area contributed by atoms with Crippen LogP contribution in [0.4, 0.5) is 0 Å². The van der Waals surface area contributed by atoms with Crippen molar-refractivity contribution in [3.05, 3.63) is 97.2 Å². The summed E-state index contributed by atoms with van der Waals surface area (Å²) in [4.78, 5) is 37.8. The summed E-state index contributed by atoms with van der Waals surface area (Å²) >= 11 is 0. The average molecular weight is 861 g/mol. The third-order valence-corrected chi connectivity index (χ3v) is 10.3. The smallest absolute Gasteiger partial charge is 0.306 e. The van der Waals surface area contributed by atoms with Crippen molar-refractivity contribution in [3.8, 4) is 0 Å². The second-order valence-corrected chi connectivity index (χ2v) is 16.3. The molecule has 0 rings (SSSR count). The third kappa shape index (κ3) is 47.4. The molecule has 0 saturated heterocycles. The van der Waals surface area contributed by atoms with E-state index < -0.39 is 6.10 Å². The van der Waals surface area contributed by atoms with Crippen molar-refractivity contribution in [2.24, 2.45) is 0 Å². The molecule has 0 saturated carbocycles. The first kappa shape index (κ1) is 58.3. The van der Waals surface area contributed by atoms with E-state index in [1.165, 1.54) is 83.5 Å². The van der Waals surface area contributed by atoms with E-state index in [2.05, 4.69) is 106 Å². The van der Waals surface area contributed by atoms with Crippen LogP contribution in [0.3, 0.4) is 0 Å². The lowest BCUT2D eigenvalue weighted by Gasteiger charge is -2.18. The molecule has 0 aliphatic rings. The van der Waals surface area contributed by atoms with Gasteiger partial charge in [-0.2, -0.15) is 0 Å². The lowest BCUT2D eigenvalue weighted by molar-refractivity contribution is -0.166. The van der Waals surface area contributed by atoms with Crippen molar-refractivity contribution in [3.63, 3.8) is 0 Å². The number of carbonyl (C=O) groups is 3. The van der Waals surface area contributed by atoms with Crippen LogP contribution >= 0.6 is 0 Å². The molecule has 1 unspecified atom stereocenters. The number of unbranched alkanes of at least 4 members (excludes halogenated alkanes) is 17. The molecule has 6 heteroatoms. The van der Waals surface area contributed by atoms with Gasteiger partial charge in [-0.25, -0.2) is 0 Å². The van der Waals surface area contributed by atoms with Crippen LogP contribution in [0.15, 0.2) is 97.2 Å². The maximum absolute atomic E-state index is 12.8. The molecule has 62 heavy (non-hydrogen) atoms. The highest BCUT2D eigenvalue weighted by molar-refractivity contribution is 5.71. The minimum atomic E-state index is -0.810. The maximum Gasteiger partial charge on any atom is 0.306 e. The molecule has 0 aromatic carbocycles. The molecule has 0 spiro atoms. The van der Waals surface area contributed by atoms with Crippen LogP contribution in [-0.2, 0) is 28.6 Å². The zero-order chi connectivity index (χ0) is 45.1. The Balaban J connectivity index is 4.45. The fourth-order valence-electron chi connectivity index (χ4n) is 6.56. The molecule has 0 aliphatic carbocycles. The quantitative estimate of drug-likeness (QED) is 0.0263. The van der Waals surface area contributed by atoms with Crippen molar-refractivity contribution in [2.45, 2.75) is 226 Å². The van der Waals surface area contributed by atoms with E-state index in [0.29, 0.717) is 19.3 Å². The average Bonchev–Trinajstić information content (AvgIpc) is 3.27. The Bertz CT molecular complexity index is 1260. The Hall–Kier alpha value is -3.67. The Morgan fingerprint density at radius 2 is 0.661 bits per heavy atom. The first-order chi connectivity index (χ1) is 30.5. The number of allylic oxidation sites excluding steroid dienone is 16. The lowest BCUT2D eigenvalue weighted by Crippen LogP contribution is -2.30. The molecule has 0 aromatic rings. The largest absolute Gasteiger partial charge is 0.462 e. The van der Waals surface area contributed by atoms with E-state index in [9.17, 15) is 14.4 Å². The van der Waals surface area contributed by atoms with Gasteiger partial charge in [0.05, 0.1) is 0 Å². The standard InChI is InChI=1S/C56H92O6/c1-4-7-10-13-16-19-21-23-25-27-28-30-31-33-35-37-40-43-46-49-55(58)61-52-53(51-60-54(57)48-45-42-39-18-15-12-9-6-3)62-56(59)50-47-44-41-38-36-34-32-29-26-24-22-20-17-14-11-8-5-2/h7,10,16-17,19-20,23-26,28,30,33,35,40,43,53H,4-6,8-9,11-15,18,21-22,27,29,31-32,34,36-39,41-42,44-52H2,1-3H3/b10-7-,19-16-,20-17-,25-23-,26-24-,30-28-,35-33-,43-40-. The minimum Gasteiger partial charge on any atom is -0.462 e. The van der Waals surface area contributed by atoms with Crippen molar-refractivity contribution in [1.29, 1.82) is 0 Å². The number of hydrogen-bond donors (Lipinski definition) is 0. The summed E-state index contributed by atoms with van der Waals surface area (Å²) < 4.78 is 16.7. The zero-order valence-electron chi connectivity index (χ0n) is 40.1. The van der Waals surface area contributed by atoms with Gasteiger partial charge in [-0.05, 0) is 89.9 Å². The lowest BCUT2D eigenvalue weighted by atomic mass is 10.1. The van der Waals surface area contributed by atoms with Crippen LogP contribution in [0, 0.1) is 0 Å². The summed E-state index contributed by atoms with van der Waals surface area (Å²) in [6, 6.07) is 0. The van der Waals surface area contributed by atoms with E-state index in [-0.39, 0.29) is 37.5 Å². The second kappa shape index (κ2) is 50.0. The van der Waals surface area contributed by atoms with Gasteiger partial charge in [0.2, 0.25) is 0 Å². The SMILES string of the molecule is CC/C=C\C/C=C\C/C=C\C/C=C\C/C=C\C/C=C\CCC(=O)OCC(COC(=O)CCCCCCCCCC)OC(=O)CCCCCCCCC/C=C\C/C=C\CCCCC. The van der Waals surface area contributed by atoms with Crippen LogP contribution in [0.5, 0.6) is 0 Å². The van der Waals surface area contributed by atoms with Crippen molar-refractivity contribution < 1.29 is 28.6 Å². The van der Waals surface area contributed by atoms with E-state index in [1.54, 1.807) is 0 Å². The summed E-state index contributed by atoms with van der Waals surface area (Å²) in [6.07, 6.45) is 65.5. The normalized spacial score (nSPS) is 12.9. The monoisotopic (exact) mass is 861 g/mol. The third-order valence-electron chi connectivity index (χ3n) is 10.3. The van der Waals surface area contributed by atoms with Crippen molar-refractivity contribution in [2.75, 3.05) is 13.2 Å². The van der Waals surface area contributed by atoms with E-state index in [4.69, 9.17) is 14.2 Å². The van der Waals surface area contributed by atoms with Crippen LogP contribution in [0.2, 0.25) is 0 Å². The van der Waals surface area contributed by atoms with Gasteiger partial charge >= 0.3 is 17.9 Å². The molecule has 0 heterocycles. The number of esters is 3. The number of ether oxygens (including phenoxy) is 3. The number of hydrogen-bond acceptors (Lipinski definition) is 6. The predicted molar refractivity (Wildman–Crippen MR) is 265 cm³/mol. The fraction of sp³-hybridized carbons (Fsp3) is 0.661. The van der Waals surface area contributed by atoms with E-state index in [0.717, 1.165) is 89.9 Å². The number of rotatable bonds is 44. The van der Waals surface area contributed by atoms with Gasteiger partial charge in [0.1, 0.15) is 13.2 Å². The maximum atomic E-state index is 12.8. The molecule has 0 N–H and O–H groups in total. The summed E-state index contributed by atoms with van der Waals surface area (Å²) in [5, 5.41) is 0. The van der Waals surface area contributed by atoms with E-state index in [1.807, 2.05) is 12.2 Å². The van der Waals surface area contributed by atoms with Gasteiger partial charge in [0, 0.05) is 19.3 Å². The molecule has 0 radical (unpaired) electrons. The zero-order valence-corrected chi connectivity index (χ0v) is 40.1. The van der Waals surface area contributed by atoms with Gasteiger partial charge in [-0.15, -0.1) is 0 Å². The molecule has 0 amide bonds. The Morgan fingerprint density at radius 1 is 0.339 bits per heavy atom. The molecular weight excluding hydrogens is 769 g/mol. The van der Waals surface area contributed by atoms with E-state index >= 15 is 0 Å². The molecule has 0 aliphatic heterocycles. The number of carbonyl (C=O) groups excluding carboxylic acids is 3. The highest BCUT2D eigenvalue weighted by Crippen LogP contribution is 2.13. The van der Waals surface area contributed by atoms with Gasteiger partial charge in [0.25, 0.3) is 0 Å². The van der Waals surface area contributed by atoms with Gasteiger partial charge in [0.15, 0.2) is 6.10 Å². The molecule has 352 valence electrons. The van der Waals surface area contributed by atoms with Crippen LogP contribution in [0.1, 0.15) is 220 Å². The first-order valence-corrected chi connectivity index (χ1v) is 25.2. The molecule has 0 fully saturated rings. The molecule has 6 nitrogen and oxygen atoms in total. The minimum absolute atomic E-state index is 0.104. The highest BCUT2D eigenvalue weighted by atomic mass is 16.6. The van der Waals surface area contributed by atoms with Crippen molar-refractivity contribution in [1.82, 2.24) is 0 Å². The molecule has 0 aromatic heterocycles. The Labute approximate surface area is 381 Å². The molecular formula is C56H92O6. The van der Waals surface area contributed by atoms with Gasteiger partial charge < -0.3 is 14.2 Å².